The lowest BCUT2D eigenvalue weighted by Crippen LogP contribution is -2.29. The summed E-state index contributed by atoms with van der Waals surface area (Å²) in [6.07, 6.45) is 2.27. The van der Waals surface area contributed by atoms with Crippen molar-refractivity contribution < 1.29 is 4.74 Å². The fourth-order valence-corrected chi connectivity index (χ4v) is 2.67. The van der Waals surface area contributed by atoms with Crippen molar-refractivity contribution in [3.63, 3.8) is 0 Å². The van der Waals surface area contributed by atoms with Crippen LogP contribution in [0.25, 0.3) is 0 Å². The van der Waals surface area contributed by atoms with Crippen molar-refractivity contribution in [2.24, 2.45) is 0 Å². The van der Waals surface area contributed by atoms with Gasteiger partial charge in [0, 0.05) is 23.7 Å². The highest BCUT2D eigenvalue weighted by Gasteiger charge is 2.12. The molecule has 1 N–H and O–H groups in total. The van der Waals surface area contributed by atoms with Gasteiger partial charge in [-0.2, -0.15) is 0 Å². The molecule has 1 rings (SSSR count). The highest BCUT2D eigenvalue weighted by Crippen LogP contribution is 2.21. The summed E-state index contributed by atoms with van der Waals surface area (Å²) in [5.74, 6) is 0. The van der Waals surface area contributed by atoms with Crippen molar-refractivity contribution in [1.82, 2.24) is 10.2 Å². The van der Waals surface area contributed by atoms with Crippen LogP contribution in [0.5, 0.6) is 0 Å². The Balaban J connectivity index is 2.50. The normalized spacial score (nSPS) is 12.8. The Morgan fingerprint density at radius 1 is 1.29 bits per heavy atom. The number of nitrogens with one attached hydrogen (secondary N) is 1. The van der Waals surface area contributed by atoms with Crippen molar-refractivity contribution in [2.75, 3.05) is 39.9 Å². The Morgan fingerprint density at radius 2 is 2.10 bits per heavy atom. The van der Waals surface area contributed by atoms with Crippen LogP contribution in [-0.2, 0) is 4.74 Å². The van der Waals surface area contributed by atoms with Gasteiger partial charge >= 0.3 is 0 Å². The molecule has 0 saturated carbocycles. The third-order valence-corrected chi connectivity index (χ3v) is 4.01. The molecule has 3 nitrogen and oxygen atoms in total. The van der Waals surface area contributed by atoms with E-state index in [-0.39, 0.29) is 0 Å². The highest BCUT2D eigenvalue weighted by atomic mass is 79.9. The molecule has 4 heteroatoms. The molecule has 1 aromatic rings. The van der Waals surface area contributed by atoms with Crippen molar-refractivity contribution in [2.45, 2.75) is 32.7 Å². The van der Waals surface area contributed by atoms with Crippen LogP contribution in [0, 0.1) is 0 Å². The van der Waals surface area contributed by atoms with E-state index in [0.717, 1.165) is 50.2 Å². The number of hydrogen-bond donors (Lipinski definition) is 1. The Morgan fingerprint density at radius 3 is 2.76 bits per heavy atom. The maximum Gasteiger partial charge on any atom is 0.0593 e. The molecule has 0 radical (unpaired) electrons. The maximum atomic E-state index is 5.41. The fourth-order valence-electron chi connectivity index (χ4n) is 2.25. The monoisotopic (exact) mass is 356 g/mol. The van der Waals surface area contributed by atoms with Crippen LogP contribution in [0.1, 0.15) is 38.3 Å². The van der Waals surface area contributed by atoms with Crippen LogP contribution in [0.4, 0.5) is 0 Å². The largest absolute Gasteiger partial charge is 0.380 e. The molecule has 1 atom stereocenters. The van der Waals surface area contributed by atoms with Gasteiger partial charge in [-0.3, -0.25) is 0 Å². The van der Waals surface area contributed by atoms with Gasteiger partial charge in [0.25, 0.3) is 0 Å². The number of halogens is 1. The first-order chi connectivity index (χ1) is 10.2. The Labute approximate surface area is 138 Å². The summed E-state index contributed by atoms with van der Waals surface area (Å²) in [4.78, 5) is 2.34. The van der Waals surface area contributed by atoms with Gasteiger partial charge in [-0.25, -0.2) is 0 Å². The molecule has 0 saturated heterocycles. The van der Waals surface area contributed by atoms with Gasteiger partial charge in [0.05, 0.1) is 6.61 Å². The maximum absolute atomic E-state index is 5.41. The molecule has 0 heterocycles. The molecular formula is C17H29BrN2O. The first-order valence-corrected chi connectivity index (χ1v) is 8.71. The quantitative estimate of drug-likeness (QED) is 0.609. The summed E-state index contributed by atoms with van der Waals surface area (Å²) in [6, 6.07) is 9.02. The summed E-state index contributed by atoms with van der Waals surface area (Å²) in [6.45, 7) is 8.98. The second-order valence-corrected chi connectivity index (χ2v) is 6.27. The number of benzene rings is 1. The molecule has 21 heavy (non-hydrogen) atoms. The van der Waals surface area contributed by atoms with Crippen LogP contribution >= 0.6 is 15.9 Å². The fraction of sp³-hybridized carbons (Fsp3) is 0.647. The third kappa shape index (κ3) is 7.96. The smallest absolute Gasteiger partial charge is 0.0593 e. The van der Waals surface area contributed by atoms with E-state index in [2.05, 4.69) is 64.4 Å². The predicted octanol–water partition coefficient (Wildman–Crippen LogP) is 3.85. The average Bonchev–Trinajstić information content (AvgIpc) is 2.47. The molecular weight excluding hydrogens is 328 g/mol. The van der Waals surface area contributed by atoms with Gasteiger partial charge in [0.2, 0.25) is 0 Å². The van der Waals surface area contributed by atoms with Crippen LogP contribution < -0.4 is 5.32 Å². The van der Waals surface area contributed by atoms with E-state index < -0.39 is 0 Å². The molecule has 1 unspecified atom stereocenters. The Kier molecular flexibility index (Phi) is 9.92. The summed E-state index contributed by atoms with van der Waals surface area (Å²) in [5.41, 5.74) is 1.36. The van der Waals surface area contributed by atoms with Crippen LogP contribution in [0.2, 0.25) is 0 Å². The molecule has 0 aliphatic rings. The van der Waals surface area contributed by atoms with Crippen LogP contribution in [0.3, 0.4) is 0 Å². The number of hydrogen-bond acceptors (Lipinski definition) is 3. The van der Waals surface area contributed by atoms with Gasteiger partial charge in [0.1, 0.15) is 0 Å². The lowest BCUT2D eigenvalue weighted by molar-refractivity contribution is 0.121. The zero-order valence-electron chi connectivity index (χ0n) is 13.6. The van der Waals surface area contributed by atoms with Crippen molar-refractivity contribution in [3.05, 3.63) is 34.3 Å². The number of ether oxygens (including phenoxy) is 1. The topological polar surface area (TPSA) is 24.5 Å². The van der Waals surface area contributed by atoms with Gasteiger partial charge < -0.3 is 15.0 Å². The van der Waals surface area contributed by atoms with E-state index in [1.807, 2.05) is 6.92 Å². The molecule has 1 aromatic carbocycles. The molecule has 0 aliphatic heterocycles. The van der Waals surface area contributed by atoms with E-state index in [0.29, 0.717) is 6.04 Å². The number of nitrogens with zero attached hydrogens (tertiary/aromatic N) is 1. The molecule has 0 amide bonds. The average molecular weight is 357 g/mol. The van der Waals surface area contributed by atoms with Crippen molar-refractivity contribution in [1.29, 1.82) is 0 Å². The molecule has 0 aromatic heterocycles. The minimum atomic E-state index is 0.414. The third-order valence-electron chi connectivity index (χ3n) is 3.51. The van der Waals surface area contributed by atoms with E-state index in [4.69, 9.17) is 4.74 Å². The number of rotatable bonds is 11. The lowest BCUT2D eigenvalue weighted by Gasteiger charge is -2.23. The minimum Gasteiger partial charge on any atom is -0.380 e. The van der Waals surface area contributed by atoms with Crippen molar-refractivity contribution >= 4 is 15.9 Å². The summed E-state index contributed by atoms with van der Waals surface area (Å²) < 4.78 is 6.56. The molecule has 0 fully saturated rings. The summed E-state index contributed by atoms with van der Waals surface area (Å²) >= 11 is 3.57. The van der Waals surface area contributed by atoms with Gasteiger partial charge in [-0.05, 0) is 57.6 Å². The first kappa shape index (κ1) is 18.6. The zero-order chi connectivity index (χ0) is 15.5. The summed E-state index contributed by atoms with van der Waals surface area (Å²) in [7, 11) is 2.16. The lowest BCUT2D eigenvalue weighted by atomic mass is 10.0. The SMILES string of the molecule is CCCNC(CCN(C)CCOCC)c1cccc(Br)c1. The standard InChI is InChI=1S/C17H29BrN2O/c1-4-10-19-17(15-7-6-8-16(18)14-15)9-11-20(3)12-13-21-5-2/h6-8,14,17,19H,4-5,9-13H2,1-3H3. The van der Waals surface area contributed by atoms with Gasteiger partial charge in [-0.15, -0.1) is 0 Å². The molecule has 0 bridgehead atoms. The predicted molar refractivity (Wildman–Crippen MR) is 93.8 cm³/mol. The van der Waals surface area contributed by atoms with Gasteiger partial charge in [-0.1, -0.05) is 35.0 Å². The van der Waals surface area contributed by atoms with Crippen LogP contribution in [-0.4, -0.2) is 44.8 Å². The van der Waals surface area contributed by atoms with Crippen LogP contribution in [0.15, 0.2) is 28.7 Å². The second kappa shape index (κ2) is 11.2. The zero-order valence-corrected chi connectivity index (χ0v) is 15.2. The van der Waals surface area contributed by atoms with E-state index in [1.165, 1.54) is 5.56 Å². The van der Waals surface area contributed by atoms with Crippen molar-refractivity contribution in [3.8, 4) is 0 Å². The minimum absolute atomic E-state index is 0.414. The first-order valence-electron chi connectivity index (χ1n) is 7.92. The summed E-state index contributed by atoms with van der Waals surface area (Å²) in [5, 5.41) is 3.66. The Hall–Kier alpha value is -0.420. The Bertz CT molecular complexity index is 387. The van der Waals surface area contributed by atoms with Gasteiger partial charge in [0.15, 0.2) is 0 Å². The van der Waals surface area contributed by atoms with E-state index >= 15 is 0 Å². The van der Waals surface area contributed by atoms with E-state index in [9.17, 15) is 0 Å². The molecule has 0 spiro atoms. The molecule has 0 aliphatic carbocycles. The molecule has 120 valence electrons. The highest BCUT2D eigenvalue weighted by molar-refractivity contribution is 9.10. The van der Waals surface area contributed by atoms with E-state index in [1.54, 1.807) is 0 Å². The second-order valence-electron chi connectivity index (χ2n) is 5.35. The number of likely N-dealkylation sites (N-methyl/N-ethyl adjacent to an activating group) is 1.